The zero-order valence-corrected chi connectivity index (χ0v) is 12.5. The van der Waals surface area contributed by atoms with Crippen LogP contribution >= 0.6 is 0 Å². The molecule has 0 unspecified atom stereocenters. The van der Waals surface area contributed by atoms with Crippen molar-refractivity contribution in [3.05, 3.63) is 29.8 Å². The van der Waals surface area contributed by atoms with Crippen molar-refractivity contribution in [1.29, 1.82) is 0 Å². The van der Waals surface area contributed by atoms with Crippen molar-refractivity contribution in [3.8, 4) is 0 Å². The highest BCUT2D eigenvalue weighted by atomic mass is 16.5. The van der Waals surface area contributed by atoms with E-state index in [-0.39, 0.29) is 12.6 Å². The lowest BCUT2D eigenvalue weighted by Crippen LogP contribution is -2.65. The van der Waals surface area contributed by atoms with E-state index in [2.05, 4.69) is 0 Å². The van der Waals surface area contributed by atoms with Crippen LogP contribution in [-0.4, -0.2) is 54.4 Å². The molecule has 1 fully saturated rings. The number of hydrogen-bond acceptors (Lipinski definition) is 3. The lowest BCUT2D eigenvalue weighted by atomic mass is 9.97. The van der Waals surface area contributed by atoms with Gasteiger partial charge >= 0.3 is 12.0 Å². The molecule has 1 heterocycles. The number of ether oxygens (including phenoxy) is 1. The average Bonchev–Trinajstić information content (AvgIpc) is 2.40. The SMILES string of the molecule is Cc1cccc(N(C)C(=O)N2CC(C)(OCC(=O)O)C2)c1. The van der Waals surface area contributed by atoms with Crippen molar-refractivity contribution in [2.75, 3.05) is 31.6 Å². The van der Waals surface area contributed by atoms with Gasteiger partial charge in [-0.2, -0.15) is 0 Å². The number of carboxylic acids is 1. The Kier molecular flexibility index (Phi) is 4.18. The molecule has 1 N–H and O–H groups in total. The second-order valence-electron chi connectivity index (χ2n) is 5.67. The number of carbonyl (C=O) groups excluding carboxylic acids is 1. The summed E-state index contributed by atoms with van der Waals surface area (Å²) in [6.07, 6.45) is 0. The Morgan fingerprint density at radius 2 is 2.10 bits per heavy atom. The van der Waals surface area contributed by atoms with Crippen molar-refractivity contribution < 1.29 is 19.4 Å². The number of aliphatic carboxylic acids is 1. The third-order valence-corrected chi connectivity index (χ3v) is 3.54. The minimum Gasteiger partial charge on any atom is -0.480 e. The minimum absolute atomic E-state index is 0.114. The number of rotatable bonds is 4. The second kappa shape index (κ2) is 5.73. The van der Waals surface area contributed by atoms with Crippen molar-refractivity contribution in [3.63, 3.8) is 0 Å². The maximum atomic E-state index is 12.3. The first-order valence-electron chi connectivity index (χ1n) is 6.76. The lowest BCUT2D eigenvalue weighted by Gasteiger charge is -2.48. The first-order chi connectivity index (χ1) is 9.81. The Morgan fingerprint density at radius 1 is 1.43 bits per heavy atom. The molecule has 1 aromatic carbocycles. The van der Waals surface area contributed by atoms with E-state index in [1.165, 1.54) is 0 Å². The van der Waals surface area contributed by atoms with Crippen LogP contribution in [0.15, 0.2) is 24.3 Å². The normalized spacial score (nSPS) is 16.2. The number of nitrogens with zero attached hydrogens (tertiary/aromatic N) is 2. The molecule has 0 spiro atoms. The molecule has 0 atom stereocenters. The molecular formula is C15H20N2O4. The van der Waals surface area contributed by atoms with Gasteiger partial charge in [-0.3, -0.25) is 4.90 Å². The molecule has 0 bridgehead atoms. The monoisotopic (exact) mass is 292 g/mol. The number of likely N-dealkylation sites (tertiary alicyclic amines) is 1. The molecule has 1 aliphatic heterocycles. The van der Waals surface area contributed by atoms with E-state index < -0.39 is 11.6 Å². The largest absolute Gasteiger partial charge is 0.480 e. The van der Waals surface area contributed by atoms with Gasteiger partial charge in [-0.25, -0.2) is 9.59 Å². The fourth-order valence-electron chi connectivity index (χ4n) is 2.38. The number of amides is 2. The summed E-state index contributed by atoms with van der Waals surface area (Å²) in [6.45, 7) is 4.24. The Bertz CT molecular complexity index is 552. The van der Waals surface area contributed by atoms with Crippen LogP contribution in [0.1, 0.15) is 12.5 Å². The molecule has 1 aromatic rings. The van der Waals surface area contributed by atoms with Gasteiger partial charge in [-0.1, -0.05) is 12.1 Å². The Balaban J connectivity index is 1.92. The number of urea groups is 1. The molecule has 6 nitrogen and oxygen atoms in total. The van der Waals surface area contributed by atoms with Crippen molar-refractivity contribution in [1.82, 2.24) is 4.90 Å². The van der Waals surface area contributed by atoms with E-state index in [1.807, 2.05) is 38.1 Å². The summed E-state index contributed by atoms with van der Waals surface area (Å²) in [5, 5.41) is 8.62. The maximum Gasteiger partial charge on any atom is 0.329 e. The fourth-order valence-corrected chi connectivity index (χ4v) is 2.38. The zero-order valence-electron chi connectivity index (χ0n) is 12.5. The predicted octanol–water partition coefficient (Wildman–Crippen LogP) is 1.73. The van der Waals surface area contributed by atoms with Gasteiger partial charge in [-0.05, 0) is 31.5 Å². The topological polar surface area (TPSA) is 70.1 Å². The lowest BCUT2D eigenvalue weighted by molar-refractivity contribution is -0.159. The van der Waals surface area contributed by atoms with Crippen LogP contribution in [0.25, 0.3) is 0 Å². The van der Waals surface area contributed by atoms with E-state index >= 15 is 0 Å². The van der Waals surface area contributed by atoms with Crippen LogP contribution < -0.4 is 4.90 Å². The third kappa shape index (κ3) is 3.52. The number of anilines is 1. The number of carbonyl (C=O) groups is 2. The maximum absolute atomic E-state index is 12.3. The van der Waals surface area contributed by atoms with Gasteiger partial charge in [-0.15, -0.1) is 0 Å². The number of aryl methyl sites for hydroxylation is 1. The summed E-state index contributed by atoms with van der Waals surface area (Å²) in [4.78, 5) is 26.1. The molecule has 0 aromatic heterocycles. The van der Waals surface area contributed by atoms with Gasteiger partial charge in [0.25, 0.3) is 0 Å². The standard InChI is InChI=1S/C15H20N2O4/c1-11-5-4-6-12(7-11)16(3)14(20)17-9-15(2,10-17)21-8-13(18)19/h4-7H,8-10H2,1-3H3,(H,18,19). The molecule has 1 aliphatic rings. The van der Waals surface area contributed by atoms with Crippen molar-refractivity contribution >= 4 is 17.7 Å². The highest BCUT2D eigenvalue weighted by Gasteiger charge is 2.43. The minimum atomic E-state index is -1.00. The molecule has 2 amide bonds. The molecular weight excluding hydrogens is 272 g/mol. The van der Waals surface area contributed by atoms with Crippen LogP contribution in [-0.2, 0) is 9.53 Å². The summed E-state index contributed by atoms with van der Waals surface area (Å²) >= 11 is 0. The van der Waals surface area contributed by atoms with Crippen LogP contribution in [0.2, 0.25) is 0 Å². The molecule has 0 aliphatic carbocycles. The predicted molar refractivity (Wildman–Crippen MR) is 78.5 cm³/mol. The van der Waals surface area contributed by atoms with Crippen LogP contribution in [0.5, 0.6) is 0 Å². The number of benzene rings is 1. The molecule has 114 valence electrons. The van der Waals surface area contributed by atoms with Gasteiger partial charge < -0.3 is 14.7 Å². The molecule has 1 saturated heterocycles. The third-order valence-electron chi connectivity index (χ3n) is 3.54. The summed E-state index contributed by atoms with van der Waals surface area (Å²) in [5.41, 5.74) is 1.35. The van der Waals surface area contributed by atoms with Crippen molar-refractivity contribution in [2.24, 2.45) is 0 Å². The van der Waals surface area contributed by atoms with E-state index in [9.17, 15) is 9.59 Å². The van der Waals surface area contributed by atoms with Gasteiger partial charge in [0.1, 0.15) is 12.2 Å². The Labute approximate surface area is 123 Å². The molecule has 0 radical (unpaired) electrons. The Hall–Kier alpha value is -2.08. The van der Waals surface area contributed by atoms with Gasteiger partial charge in [0.05, 0.1) is 13.1 Å². The summed E-state index contributed by atoms with van der Waals surface area (Å²) in [5.74, 6) is -1.00. The van der Waals surface area contributed by atoms with E-state index in [0.29, 0.717) is 13.1 Å². The zero-order chi connectivity index (χ0) is 15.6. The highest BCUT2D eigenvalue weighted by Crippen LogP contribution is 2.27. The first kappa shape index (κ1) is 15.3. The molecule has 6 heteroatoms. The smallest absolute Gasteiger partial charge is 0.329 e. The molecule has 2 rings (SSSR count). The van der Waals surface area contributed by atoms with Gasteiger partial charge in [0.15, 0.2) is 0 Å². The second-order valence-corrected chi connectivity index (χ2v) is 5.67. The quantitative estimate of drug-likeness (QED) is 0.917. The number of carboxylic acid groups (broad SMARTS) is 1. The van der Waals surface area contributed by atoms with Gasteiger partial charge in [0, 0.05) is 12.7 Å². The molecule has 21 heavy (non-hydrogen) atoms. The summed E-state index contributed by atoms with van der Waals surface area (Å²) in [7, 11) is 1.73. The highest BCUT2D eigenvalue weighted by molar-refractivity contribution is 5.92. The summed E-state index contributed by atoms with van der Waals surface area (Å²) < 4.78 is 5.30. The molecule has 0 saturated carbocycles. The van der Waals surface area contributed by atoms with E-state index in [4.69, 9.17) is 9.84 Å². The van der Waals surface area contributed by atoms with Crippen molar-refractivity contribution in [2.45, 2.75) is 19.4 Å². The van der Waals surface area contributed by atoms with Crippen LogP contribution in [0, 0.1) is 6.92 Å². The average molecular weight is 292 g/mol. The van der Waals surface area contributed by atoms with Crippen LogP contribution in [0.4, 0.5) is 10.5 Å². The summed E-state index contributed by atoms with van der Waals surface area (Å²) in [6, 6.07) is 7.59. The first-order valence-corrected chi connectivity index (χ1v) is 6.76. The van der Waals surface area contributed by atoms with E-state index in [1.54, 1.807) is 16.8 Å². The Morgan fingerprint density at radius 3 is 2.67 bits per heavy atom. The van der Waals surface area contributed by atoms with Crippen LogP contribution in [0.3, 0.4) is 0 Å². The fraction of sp³-hybridized carbons (Fsp3) is 0.467. The number of hydrogen-bond donors (Lipinski definition) is 1. The van der Waals surface area contributed by atoms with E-state index in [0.717, 1.165) is 11.3 Å². The van der Waals surface area contributed by atoms with Gasteiger partial charge in [0.2, 0.25) is 0 Å².